The number of carbonyl (C=O) groups excluding carboxylic acids is 1. The van der Waals surface area contributed by atoms with Gasteiger partial charge in [-0.2, -0.15) is 0 Å². The van der Waals surface area contributed by atoms with Crippen LogP contribution < -0.4 is 15.2 Å². The molecule has 44 heavy (non-hydrogen) atoms. The molecule has 3 aromatic rings. The van der Waals surface area contributed by atoms with E-state index in [0.29, 0.717) is 34.7 Å². The molecule has 0 radical (unpaired) electrons. The van der Waals surface area contributed by atoms with E-state index in [9.17, 15) is 31.8 Å². The van der Waals surface area contributed by atoms with Crippen molar-refractivity contribution in [1.82, 2.24) is 4.72 Å². The highest BCUT2D eigenvalue weighted by atomic mass is 35.5. The van der Waals surface area contributed by atoms with Gasteiger partial charge in [-0.15, -0.1) is 0 Å². The summed E-state index contributed by atoms with van der Waals surface area (Å²) in [4.78, 5) is 12.6. The van der Waals surface area contributed by atoms with E-state index in [1.54, 1.807) is 37.3 Å². The highest BCUT2D eigenvalue weighted by molar-refractivity contribution is 7.90. The highest BCUT2D eigenvalue weighted by Gasteiger charge is 2.22. The number of anilines is 1. The van der Waals surface area contributed by atoms with Crippen LogP contribution in [0, 0.1) is 0 Å². The number of hydrogen-bond acceptors (Lipinski definition) is 7. The van der Waals surface area contributed by atoms with E-state index in [1.165, 1.54) is 30.3 Å². The number of aliphatic hydroxyl groups is 2. The smallest absolute Gasteiger partial charge is 0.333 e. The lowest BCUT2D eigenvalue weighted by atomic mass is 9.92. The summed E-state index contributed by atoms with van der Waals surface area (Å²) in [5, 5.41) is 27.7. The van der Waals surface area contributed by atoms with Crippen molar-refractivity contribution in [3.8, 4) is 0 Å². The van der Waals surface area contributed by atoms with Crippen molar-refractivity contribution in [3.05, 3.63) is 87.9 Å². The molecule has 0 aliphatic heterocycles. The van der Waals surface area contributed by atoms with Crippen molar-refractivity contribution < 1.29 is 31.8 Å². The van der Waals surface area contributed by atoms with Gasteiger partial charge in [0.15, 0.2) is 0 Å². The van der Waals surface area contributed by atoms with Crippen molar-refractivity contribution in [1.29, 1.82) is 0 Å². The zero-order valence-corrected chi connectivity index (χ0v) is 28.1. The lowest BCUT2D eigenvalue weighted by molar-refractivity contribution is 0.173. The third kappa shape index (κ3) is 10.3. The lowest BCUT2D eigenvalue weighted by Crippen LogP contribution is -2.35. The summed E-state index contributed by atoms with van der Waals surface area (Å²) in [5.74, 6) is 0.139. The molecule has 2 atom stereocenters. The van der Waals surface area contributed by atoms with Crippen LogP contribution >= 0.6 is 11.6 Å². The van der Waals surface area contributed by atoms with Crippen molar-refractivity contribution in [2.75, 3.05) is 5.32 Å². The topological polar surface area (TPSA) is 176 Å². The first-order valence-electron chi connectivity index (χ1n) is 14.2. The van der Waals surface area contributed by atoms with Gasteiger partial charge in [0.2, 0.25) is 10.0 Å². The lowest BCUT2D eigenvalue weighted by Gasteiger charge is -2.21. The number of primary sulfonamides is 1. The quantitative estimate of drug-likeness (QED) is 0.168. The second kappa shape index (κ2) is 15.8. The summed E-state index contributed by atoms with van der Waals surface area (Å²) in [6, 6.07) is 14.6. The van der Waals surface area contributed by atoms with Gasteiger partial charge >= 0.3 is 6.03 Å². The first-order valence-corrected chi connectivity index (χ1v) is 17.6. The Labute approximate surface area is 265 Å². The maximum atomic E-state index is 12.7. The summed E-state index contributed by atoms with van der Waals surface area (Å²) in [6.45, 7) is 11.5. The Bertz CT molecular complexity index is 1630. The average molecular weight is 668 g/mol. The second-order valence-electron chi connectivity index (χ2n) is 10.9. The summed E-state index contributed by atoms with van der Waals surface area (Å²) in [5.41, 5.74) is 3.26. The number of nitrogens with two attached hydrogens (primary N) is 1. The number of nitrogens with one attached hydrogen (secondary N) is 2. The maximum absolute atomic E-state index is 12.7. The zero-order valence-electron chi connectivity index (χ0n) is 25.7. The number of aliphatic hydroxyl groups excluding tert-OH is 2. The Morgan fingerprint density at radius 3 is 1.64 bits per heavy atom. The van der Waals surface area contributed by atoms with Gasteiger partial charge in [0, 0.05) is 10.7 Å². The van der Waals surface area contributed by atoms with E-state index >= 15 is 0 Å². The number of carbonyl (C=O) groups is 1. The fourth-order valence-electron chi connectivity index (χ4n) is 4.28. The fourth-order valence-corrected chi connectivity index (χ4v) is 6.05. The molecule has 2 amide bonds. The summed E-state index contributed by atoms with van der Waals surface area (Å²) in [6.07, 6.45) is -0.431. The van der Waals surface area contributed by atoms with E-state index in [-0.39, 0.29) is 21.6 Å². The molecule has 0 aliphatic rings. The number of hydrogen-bond donors (Lipinski definition) is 5. The van der Waals surface area contributed by atoms with Crippen molar-refractivity contribution in [2.24, 2.45) is 5.14 Å². The third-order valence-corrected chi connectivity index (χ3v) is 9.23. The molecule has 0 spiro atoms. The van der Waals surface area contributed by atoms with Gasteiger partial charge in [-0.3, -0.25) is 0 Å². The first-order chi connectivity index (χ1) is 20.4. The van der Waals surface area contributed by atoms with Gasteiger partial charge in [-0.1, -0.05) is 77.4 Å². The van der Waals surface area contributed by atoms with Crippen LogP contribution in [0.25, 0.3) is 0 Å². The molecule has 0 saturated carbocycles. The highest BCUT2D eigenvalue weighted by Crippen LogP contribution is 2.35. The molecular formula is C31H42ClN3O7S2. The monoisotopic (exact) mass is 667 g/mol. The van der Waals surface area contributed by atoms with Gasteiger partial charge in [0.25, 0.3) is 10.0 Å². The molecule has 0 bridgehead atoms. The minimum absolute atomic E-state index is 0.0301. The average Bonchev–Trinajstić information content (AvgIpc) is 2.96. The van der Waals surface area contributed by atoms with Crippen LogP contribution in [0.3, 0.4) is 0 Å². The molecule has 0 aromatic heterocycles. The number of urea groups is 1. The van der Waals surface area contributed by atoms with Crippen molar-refractivity contribution in [2.45, 2.75) is 88.2 Å². The van der Waals surface area contributed by atoms with Crippen LogP contribution in [-0.4, -0.2) is 33.1 Å². The number of rotatable bonds is 10. The SMILES string of the molecule is CCC(O)c1cccc(S(=O)(=O)NC(=O)Nc2c(C(C)C)cc(Cl)cc2C(C)C)c1.CCC(O)c1cccc(S(N)(=O)=O)c1. The molecule has 2 unspecified atom stereocenters. The van der Waals surface area contributed by atoms with Crippen LogP contribution in [0.5, 0.6) is 0 Å². The normalized spacial score (nSPS) is 13.2. The van der Waals surface area contributed by atoms with E-state index in [4.69, 9.17) is 16.7 Å². The Hall–Kier alpha value is -3.00. The largest absolute Gasteiger partial charge is 0.388 e. The Morgan fingerprint density at radius 2 is 1.23 bits per heavy atom. The predicted octanol–water partition coefficient (Wildman–Crippen LogP) is 6.32. The molecule has 10 nitrogen and oxygen atoms in total. The van der Waals surface area contributed by atoms with E-state index in [0.717, 1.165) is 11.1 Å². The molecule has 3 aromatic carbocycles. The minimum Gasteiger partial charge on any atom is -0.388 e. The summed E-state index contributed by atoms with van der Waals surface area (Å²) >= 11 is 6.24. The van der Waals surface area contributed by atoms with Gasteiger partial charge in [-0.05, 0) is 83.3 Å². The van der Waals surface area contributed by atoms with Crippen LogP contribution in [0.2, 0.25) is 5.02 Å². The Balaban J connectivity index is 0.000000402. The molecule has 3 rings (SSSR count). The van der Waals surface area contributed by atoms with Crippen LogP contribution in [-0.2, 0) is 20.0 Å². The molecule has 6 N–H and O–H groups in total. The van der Waals surface area contributed by atoms with Gasteiger partial charge in [-0.25, -0.2) is 31.5 Å². The van der Waals surface area contributed by atoms with Crippen LogP contribution in [0.1, 0.15) is 101 Å². The standard InChI is InChI=1S/C22H29ClN2O4S.C9H13NO3S/c1-6-20(26)15-8-7-9-17(10-15)30(28,29)25-22(27)24-21-18(13(2)3)11-16(23)12-19(21)14(4)5;1-2-9(11)7-4-3-5-8(6-7)14(10,12)13/h7-14,20,26H,6H2,1-5H3,(H2,24,25,27);3-6,9,11H,2H2,1H3,(H2,10,12,13). The van der Waals surface area contributed by atoms with Crippen LogP contribution in [0.4, 0.5) is 10.5 Å². The maximum Gasteiger partial charge on any atom is 0.333 e. The molecule has 0 saturated heterocycles. The molecule has 0 heterocycles. The Kier molecular flexibility index (Phi) is 13.4. The third-order valence-electron chi connectivity index (χ3n) is 6.77. The van der Waals surface area contributed by atoms with Gasteiger partial charge in [0.1, 0.15) is 0 Å². The summed E-state index contributed by atoms with van der Waals surface area (Å²) < 4.78 is 49.5. The van der Waals surface area contributed by atoms with Gasteiger partial charge < -0.3 is 15.5 Å². The minimum atomic E-state index is -4.12. The van der Waals surface area contributed by atoms with Crippen molar-refractivity contribution >= 4 is 43.4 Å². The van der Waals surface area contributed by atoms with Crippen LogP contribution in [0.15, 0.2) is 70.5 Å². The molecule has 0 aliphatic carbocycles. The Morgan fingerprint density at radius 1 is 0.795 bits per heavy atom. The predicted molar refractivity (Wildman–Crippen MR) is 174 cm³/mol. The van der Waals surface area contributed by atoms with Gasteiger partial charge in [0.05, 0.1) is 22.0 Å². The molecular weight excluding hydrogens is 626 g/mol. The number of amides is 2. The van der Waals surface area contributed by atoms with E-state index < -0.39 is 38.3 Å². The molecule has 0 fully saturated rings. The molecule has 242 valence electrons. The number of sulfonamides is 2. The summed E-state index contributed by atoms with van der Waals surface area (Å²) in [7, 11) is -7.80. The van der Waals surface area contributed by atoms with Crippen molar-refractivity contribution in [3.63, 3.8) is 0 Å². The van der Waals surface area contributed by atoms with E-state index in [1.807, 2.05) is 34.6 Å². The first kappa shape index (κ1) is 37.2. The van der Waals surface area contributed by atoms with E-state index in [2.05, 4.69) is 10.0 Å². The number of benzene rings is 3. The zero-order chi connectivity index (χ0) is 33.4. The molecule has 13 heteroatoms. The second-order valence-corrected chi connectivity index (χ2v) is 14.5. The number of halogens is 1. The fraction of sp³-hybridized carbons (Fsp3) is 0.387.